The molecule has 0 radical (unpaired) electrons. The van der Waals surface area contributed by atoms with Crippen LogP contribution in [0.25, 0.3) is 32.8 Å². The van der Waals surface area contributed by atoms with E-state index in [1.807, 2.05) is 41.8 Å². The van der Waals surface area contributed by atoms with Gasteiger partial charge in [-0.1, -0.05) is 26.2 Å². The van der Waals surface area contributed by atoms with Crippen LogP contribution in [0, 0.1) is 0 Å². The zero-order chi connectivity index (χ0) is 21.8. The molecular formula is C25H25NO4S. The van der Waals surface area contributed by atoms with Gasteiger partial charge in [-0.3, -0.25) is 0 Å². The zero-order valence-corrected chi connectivity index (χ0v) is 18.5. The molecule has 0 amide bonds. The number of ether oxygens (including phenoxy) is 1. The van der Waals surface area contributed by atoms with Crippen molar-refractivity contribution in [3.63, 3.8) is 0 Å². The molecule has 6 heteroatoms. The van der Waals surface area contributed by atoms with E-state index in [2.05, 4.69) is 11.9 Å². The summed E-state index contributed by atoms with van der Waals surface area (Å²) in [6, 6.07) is 12.9. The van der Waals surface area contributed by atoms with E-state index in [-0.39, 0.29) is 5.75 Å². The van der Waals surface area contributed by atoms with Crippen molar-refractivity contribution in [3.8, 4) is 33.3 Å². The summed E-state index contributed by atoms with van der Waals surface area (Å²) in [5.41, 5.74) is 2.98. The first-order chi connectivity index (χ1) is 15.1. The van der Waals surface area contributed by atoms with E-state index in [1.165, 1.54) is 24.2 Å². The predicted molar refractivity (Wildman–Crippen MR) is 125 cm³/mol. The van der Waals surface area contributed by atoms with Crippen LogP contribution in [-0.2, 0) is 6.42 Å². The van der Waals surface area contributed by atoms with Gasteiger partial charge in [0, 0.05) is 22.4 Å². The number of phenols is 1. The van der Waals surface area contributed by atoms with Crippen LogP contribution in [0.2, 0.25) is 0 Å². The second-order valence-corrected chi connectivity index (χ2v) is 8.40. The molecule has 2 heterocycles. The second kappa shape index (κ2) is 9.35. The maximum Gasteiger partial charge on any atom is 0.346 e. The van der Waals surface area contributed by atoms with E-state index < -0.39 is 5.63 Å². The van der Waals surface area contributed by atoms with Gasteiger partial charge in [0.25, 0.3) is 0 Å². The van der Waals surface area contributed by atoms with Crippen molar-refractivity contribution in [3.05, 3.63) is 63.8 Å². The van der Waals surface area contributed by atoms with E-state index in [1.54, 1.807) is 13.2 Å². The smallest absolute Gasteiger partial charge is 0.346 e. The molecule has 0 spiro atoms. The molecule has 2 aromatic heterocycles. The van der Waals surface area contributed by atoms with Gasteiger partial charge < -0.3 is 14.3 Å². The summed E-state index contributed by atoms with van der Waals surface area (Å²) in [5, 5.41) is 13.7. The Morgan fingerprint density at radius 1 is 1.10 bits per heavy atom. The number of methoxy groups -OCH3 is 1. The van der Waals surface area contributed by atoms with Crippen molar-refractivity contribution >= 4 is 22.3 Å². The Morgan fingerprint density at radius 3 is 2.65 bits per heavy atom. The second-order valence-electron chi connectivity index (χ2n) is 7.54. The first-order valence-corrected chi connectivity index (χ1v) is 11.4. The summed E-state index contributed by atoms with van der Waals surface area (Å²) in [6.07, 6.45) is 5.32. The molecule has 0 aliphatic carbocycles. The lowest BCUT2D eigenvalue weighted by Gasteiger charge is -2.07. The topological polar surface area (TPSA) is 72.6 Å². The molecule has 160 valence electrons. The minimum absolute atomic E-state index is 0.177. The first-order valence-electron chi connectivity index (χ1n) is 10.5. The average Bonchev–Trinajstić information content (AvgIpc) is 3.27. The van der Waals surface area contributed by atoms with Crippen LogP contribution < -0.4 is 10.4 Å². The first kappa shape index (κ1) is 21.1. The molecule has 5 nitrogen and oxygen atoms in total. The van der Waals surface area contributed by atoms with Gasteiger partial charge in [-0.25, -0.2) is 9.78 Å². The Kier molecular flexibility index (Phi) is 6.37. The molecule has 0 aliphatic heterocycles. The SMILES string of the molecule is CCCCCCc1cc2cc(-c3nc(-c4ccc(OC)cc4)cs3)c(=O)oc2cc1O. The van der Waals surface area contributed by atoms with Crippen LogP contribution in [0.1, 0.15) is 38.2 Å². The highest BCUT2D eigenvalue weighted by atomic mass is 32.1. The van der Waals surface area contributed by atoms with E-state index in [4.69, 9.17) is 9.15 Å². The van der Waals surface area contributed by atoms with Crippen molar-refractivity contribution < 1.29 is 14.3 Å². The van der Waals surface area contributed by atoms with Gasteiger partial charge in [0.1, 0.15) is 22.1 Å². The van der Waals surface area contributed by atoms with Crippen molar-refractivity contribution in [1.29, 1.82) is 0 Å². The number of hydrogen-bond donors (Lipinski definition) is 1. The molecule has 1 N–H and O–H groups in total. The third kappa shape index (κ3) is 4.64. The summed E-state index contributed by atoms with van der Waals surface area (Å²) in [4.78, 5) is 17.3. The number of nitrogens with zero attached hydrogens (tertiary/aromatic N) is 1. The standard InChI is InChI=1S/C25H25NO4S/c1-3-4-5-6-7-17-12-18-13-20(25(28)30-23(18)14-22(17)27)24-26-21(15-31-24)16-8-10-19(29-2)11-9-16/h8-15,27H,3-7H2,1-2H3. The number of aromatic nitrogens is 1. The highest BCUT2D eigenvalue weighted by Crippen LogP contribution is 2.32. The lowest BCUT2D eigenvalue weighted by molar-refractivity contribution is 0.415. The monoisotopic (exact) mass is 435 g/mol. The number of unbranched alkanes of at least 4 members (excludes halogenated alkanes) is 3. The molecule has 0 fully saturated rings. The van der Waals surface area contributed by atoms with Crippen molar-refractivity contribution in [2.24, 2.45) is 0 Å². The van der Waals surface area contributed by atoms with Crippen molar-refractivity contribution in [1.82, 2.24) is 4.98 Å². The van der Waals surface area contributed by atoms with Crippen LogP contribution in [0.4, 0.5) is 0 Å². The van der Waals surface area contributed by atoms with E-state index >= 15 is 0 Å². The summed E-state index contributed by atoms with van der Waals surface area (Å²) in [5.74, 6) is 0.957. The molecule has 2 aromatic carbocycles. The maximum absolute atomic E-state index is 12.6. The highest BCUT2D eigenvalue weighted by Gasteiger charge is 2.14. The van der Waals surface area contributed by atoms with Gasteiger partial charge in [0.05, 0.1) is 18.4 Å². The van der Waals surface area contributed by atoms with E-state index in [9.17, 15) is 9.90 Å². The van der Waals surface area contributed by atoms with Gasteiger partial charge >= 0.3 is 5.63 Å². The zero-order valence-electron chi connectivity index (χ0n) is 17.7. The fraction of sp³-hybridized carbons (Fsp3) is 0.280. The maximum atomic E-state index is 12.6. The van der Waals surface area contributed by atoms with Crippen LogP contribution in [0.15, 0.2) is 57.1 Å². The molecule has 0 bridgehead atoms. The van der Waals surface area contributed by atoms with Gasteiger partial charge in [-0.15, -0.1) is 11.3 Å². The number of phenolic OH excluding ortho intramolecular Hbond substituents is 1. The fourth-order valence-corrected chi connectivity index (χ4v) is 4.42. The number of fused-ring (bicyclic) bond motifs is 1. The number of thiazole rings is 1. The lowest BCUT2D eigenvalue weighted by Crippen LogP contribution is -2.02. The van der Waals surface area contributed by atoms with Crippen LogP contribution >= 0.6 is 11.3 Å². The number of benzene rings is 2. The van der Waals surface area contributed by atoms with Crippen LogP contribution in [0.5, 0.6) is 11.5 Å². The Hall–Kier alpha value is -3.12. The lowest BCUT2D eigenvalue weighted by atomic mass is 10.0. The molecular weight excluding hydrogens is 410 g/mol. The number of rotatable bonds is 8. The van der Waals surface area contributed by atoms with Gasteiger partial charge in [-0.05, 0) is 54.8 Å². The molecule has 0 aliphatic rings. The number of hydrogen-bond acceptors (Lipinski definition) is 6. The molecule has 4 aromatic rings. The molecule has 0 atom stereocenters. The van der Waals surface area contributed by atoms with Crippen molar-refractivity contribution in [2.75, 3.05) is 7.11 Å². The van der Waals surface area contributed by atoms with Crippen molar-refractivity contribution in [2.45, 2.75) is 39.0 Å². The molecule has 31 heavy (non-hydrogen) atoms. The van der Waals surface area contributed by atoms with Crippen LogP contribution in [-0.4, -0.2) is 17.2 Å². The Morgan fingerprint density at radius 2 is 1.90 bits per heavy atom. The Balaban J connectivity index is 1.65. The molecule has 0 saturated carbocycles. The number of aryl methyl sites for hydroxylation is 1. The molecule has 4 rings (SSSR count). The fourth-order valence-electron chi connectivity index (χ4n) is 3.59. The van der Waals surface area contributed by atoms with Crippen LogP contribution in [0.3, 0.4) is 0 Å². The van der Waals surface area contributed by atoms with Gasteiger partial charge in [0.2, 0.25) is 0 Å². The normalized spacial score (nSPS) is 11.2. The Bertz CT molecular complexity index is 1240. The summed E-state index contributed by atoms with van der Waals surface area (Å²) < 4.78 is 10.7. The summed E-state index contributed by atoms with van der Waals surface area (Å²) in [7, 11) is 1.63. The average molecular weight is 436 g/mol. The van der Waals surface area contributed by atoms with Gasteiger partial charge in [0.15, 0.2) is 0 Å². The molecule has 0 saturated heterocycles. The quantitative estimate of drug-likeness (QED) is 0.255. The predicted octanol–water partition coefficient (Wildman–Crippen LogP) is 6.42. The third-order valence-corrected chi connectivity index (χ3v) is 6.23. The minimum atomic E-state index is -0.460. The van der Waals surface area contributed by atoms with E-state index in [0.717, 1.165) is 47.2 Å². The summed E-state index contributed by atoms with van der Waals surface area (Å²) >= 11 is 1.41. The van der Waals surface area contributed by atoms with Gasteiger partial charge in [-0.2, -0.15) is 0 Å². The highest BCUT2D eigenvalue weighted by molar-refractivity contribution is 7.13. The minimum Gasteiger partial charge on any atom is -0.508 e. The van der Waals surface area contributed by atoms with E-state index in [0.29, 0.717) is 16.2 Å². The summed E-state index contributed by atoms with van der Waals surface area (Å²) in [6.45, 7) is 2.18. The number of aromatic hydroxyl groups is 1. The largest absolute Gasteiger partial charge is 0.508 e. The third-order valence-electron chi connectivity index (χ3n) is 5.35. The Labute approximate surface area is 185 Å². The molecule has 0 unspecified atom stereocenters.